The first-order valence-corrected chi connectivity index (χ1v) is 5.59. The Bertz CT molecular complexity index is 283. The van der Waals surface area contributed by atoms with Crippen molar-refractivity contribution in [2.75, 3.05) is 14.1 Å². The first-order chi connectivity index (χ1) is 6.91. The van der Waals surface area contributed by atoms with E-state index < -0.39 is 0 Å². The summed E-state index contributed by atoms with van der Waals surface area (Å²) in [7, 11) is 4.23. The van der Waals surface area contributed by atoms with Crippen LogP contribution in [0.5, 0.6) is 0 Å². The van der Waals surface area contributed by atoms with E-state index in [0.29, 0.717) is 5.92 Å². The van der Waals surface area contributed by atoms with E-state index in [0.717, 1.165) is 25.0 Å². The van der Waals surface area contributed by atoms with E-state index in [9.17, 15) is 0 Å². The lowest BCUT2D eigenvalue weighted by molar-refractivity contribution is -0.901. The lowest BCUT2D eigenvalue weighted by atomic mass is 9.73. The van der Waals surface area contributed by atoms with Gasteiger partial charge in [-0.15, -0.1) is 0 Å². The normalized spacial score (nSPS) is 34.7. The van der Waals surface area contributed by atoms with Crippen molar-refractivity contribution >= 4 is 5.71 Å². The third-order valence-corrected chi connectivity index (χ3v) is 3.99. The molecule has 0 saturated heterocycles. The van der Waals surface area contributed by atoms with Crippen LogP contribution in [0.15, 0.2) is 17.3 Å². The van der Waals surface area contributed by atoms with Gasteiger partial charge in [0.15, 0.2) is 0 Å². The van der Waals surface area contributed by atoms with Crippen molar-refractivity contribution in [3.8, 4) is 0 Å². The molecule has 1 aliphatic carbocycles. The molecule has 0 bridgehead atoms. The molecule has 0 amide bonds. The second kappa shape index (κ2) is 4.35. The molecule has 0 aliphatic heterocycles. The molecule has 0 aromatic rings. The summed E-state index contributed by atoms with van der Waals surface area (Å²) in [5, 5.41) is 12.6. The number of quaternary nitrogens is 1. The van der Waals surface area contributed by atoms with Gasteiger partial charge in [-0.05, 0) is 26.2 Å². The minimum atomic E-state index is -0.0132. The fraction of sp³-hybridized carbons (Fsp3) is 0.750. The molecule has 3 nitrogen and oxygen atoms in total. The second-order valence-electron chi connectivity index (χ2n) is 5.16. The highest BCUT2D eigenvalue weighted by Gasteiger charge is 2.42. The molecule has 0 spiro atoms. The average Bonchev–Trinajstić information content (AvgIpc) is 2.17. The van der Waals surface area contributed by atoms with Gasteiger partial charge in [0.2, 0.25) is 0 Å². The Morgan fingerprint density at radius 2 is 2.20 bits per heavy atom. The summed E-state index contributed by atoms with van der Waals surface area (Å²) >= 11 is 0. The van der Waals surface area contributed by atoms with Gasteiger partial charge in [0, 0.05) is 12.8 Å². The van der Waals surface area contributed by atoms with E-state index in [4.69, 9.17) is 5.21 Å². The van der Waals surface area contributed by atoms with Crippen LogP contribution in [0.4, 0.5) is 0 Å². The molecule has 3 heteroatoms. The van der Waals surface area contributed by atoms with Gasteiger partial charge >= 0.3 is 0 Å². The Morgan fingerprint density at radius 3 is 2.60 bits per heavy atom. The molecule has 2 N–H and O–H groups in total. The maximum absolute atomic E-state index is 9.12. The summed E-state index contributed by atoms with van der Waals surface area (Å²) < 4.78 is 0. The zero-order chi connectivity index (χ0) is 11.6. The number of hydrogen-bond acceptors (Lipinski definition) is 2. The first-order valence-electron chi connectivity index (χ1n) is 5.59. The molecular weight excluding hydrogens is 188 g/mol. The number of oxime groups is 1. The van der Waals surface area contributed by atoms with Crippen LogP contribution in [0.1, 0.15) is 33.1 Å². The Balaban J connectivity index is 2.87. The summed E-state index contributed by atoms with van der Waals surface area (Å²) in [5.41, 5.74) is 2.11. The number of rotatable bonds is 2. The van der Waals surface area contributed by atoms with E-state index in [1.54, 1.807) is 0 Å². The van der Waals surface area contributed by atoms with Crippen LogP contribution in [0.3, 0.4) is 0 Å². The minimum Gasteiger partial charge on any atom is -0.411 e. The third kappa shape index (κ3) is 2.23. The third-order valence-electron chi connectivity index (χ3n) is 3.99. The lowest BCUT2D eigenvalue weighted by Gasteiger charge is -2.39. The monoisotopic (exact) mass is 211 g/mol. The predicted molar refractivity (Wildman–Crippen MR) is 62.6 cm³/mol. The zero-order valence-corrected chi connectivity index (χ0v) is 10.3. The number of nitrogens with zero attached hydrogens (tertiary/aromatic N) is 1. The van der Waals surface area contributed by atoms with Gasteiger partial charge in [-0.3, -0.25) is 0 Å². The summed E-state index contributed by atoms with van der Waals surface area (Å²) in [4.78, 5) is 1.33. The van der Waals surface area contributed by atoms with Crippen molar-refractivity contribution in [2.24, 2.45) is 11.1 Å². The highest BCUT2D eigenvalue weighted by atomic mass is 16.4. The fourth-order valence-corrected chi connectivity index (χ4v) is 2.28. The van der Waals surface area contributed by atoms with Gasteiger partial charge in [-0.25, -0.2) is 0 Å². The fourth-order valence-electron chi connectivity index (χ4n) is 2.28. The standard InChI is InChI=1S/C12H22N2O/c1-9(2)10-6-7-12(3,14(4)5)11(8-10)13-15/h10,15H,1,6-8H2,2-5H3/p+1/b13-11-/t10-,12+/m0/s1. The van der Waals surface area contributed by atoms with Crippen LogP contribution in [-0.4, -0.2) is 30.6 Å². The maximum Gasteiger partial charge on any atom is 0.136 e. The van der Waals surface area contributed by atoms with E-state index >= 15 is 0 Å². The second-order valence-corrected chi connectivity index (χ2v) is 5.16. The Morgan fingerprint density at radius 1 is 1.60 bits per heavy atom. The minimum absolute atomic E-state index is 0.0132. The number of hydrogen-bond donors (Lipinski definition) is 2. The van der Waals surface area contributed by atoms with Gasteiger partial charge in [-0.2, -0.15) is 0 Å². The van der Waals surface area contributed by atoms with Crippen molar-refractivity contribution < 1.29 is 10.1 Å². The van der Waals surface area contributed by atoms with Crippen molar-refractivity contribution in [3.63, 3.8) is 0 Å². The molecule has 0 radical (unpaired) electrons. The van der Waals surface area contributed by atoms with Crippen molar-refractivity contribution in [1.82, 2.24) is 0 Å². The van der Waals surface area contributed by atoms with E-state index in [1.807, 2.05) is 0 Å². The topological polar surface area (TPSA) is 37.0 Å². The first kappa shape index (κ1) is 12.2. The molecule has 0 heterocycles. The molecule has 0 aromatic heterocycles. The predicted octanol–water partition coefficient (Wildman–Crippen LogP) is 1.10. The molecule has 1 fully saturated rings. The Kier molecular flexibility index (Phi) is 3.55. The van der Waals surface area contributed by atoms with Gasteiger partial charge in [0.1, 0.15) is 11.3 Å². The highest BCUT2D eigenvalue weighted by Crippen LogP contribution is 2.31. The summed E-state index contributed by atoms with van der Waals surface area (Å²) in [6, 6.07) is 0. The van der Waals surface area contributed by atoms with Crippen LogP contribution in [-0.2, 0) is 0 Å². The number of nitrogens with one attached hydrogen (secondary N) is 1. The smallest absolute Gasteiger partial charge is 0.136 e. The Hall–Kier alpha value is -0.830. The van der Waals surface area contributed by atoms with Crippen LogP contribution in [0.2, 0.25) is 0 Å². The molecule has 2 atom stereocenters. The van der Waals surface area contributed by atoms with Gasteiger partial charge in [0.05, 0.1) is 14.1 Å². The van der Waals surface area contributed by atoms with Crippen LogP contribution >= 0.6 is 0 Å². The van der Waals surface area contributed by atoms with Gasteiger partial charge < -0.3 is 10.1 Å². The quantitative estimate of drug-likeness (QED) is 0.400. The summed E-state index contributed by atoms with van der Waals surface area (Å²) in [6.07, 6.45) is 3.07. The SMILES string of the molecule is C=C(C)[C@H]1CC[C@@](C)([NH+](C)C)/C(=N\O)C1. The molecule has 15 heavy (non-hydrogen) atoms. The molecule has 0 aromatic carbocycles. The van der Waals surface area contributed by atoms with E-state index in [2.05, 4.69) is 39.7 Å². The van der Waals surface area contributed by atoms with E-state index in [-0.39, 0.29) is 5.54 Å². The summed E-state index contributed by atoms with van der Waals surface area (Å²) in [6.45, 7) is 8.23. The van der Waals surface area contributed by atoms with Crippen LogP contribution in [0, 0.1) is 5.92 Å². The molecule has 1 saturated carbocycles. The number of allylic oxidation sites excluding steroid dienone is 1. The lowest BCUT2D eigenvalue weighted by Crippen LogP contribution is -3.16. The van der Waals surface area contributed by atoms with Crippen LogP contribution in [0.25, 0.3) is 0 Å². The largest absolute Gasteiger partial charge is 0.411 e. The molecule has 0 unspecified atom stereocenters. The Labute approximate surface area is 92.5 Å². The molecule has 1 rings (SSSR count). The van der Waals surface area contributed by atoms with Gasteiger partial charge in [0.25, 0.3) is 0 Å². The van der Waals surface area contributed by atoms with Crippen molar-refractivity contribution in [1.29, 1.82) is 0 Å². The van der Waals surface area contributed by atoms with Crippen molar-refractivity contribution in [3.05, 3.63) is 12.2 Å². The molecule has 86 valence electrons. The molecular formula is C12H23N2O+. The zero-order valence-electron chi connectivity index (χ0n) is 10.3. The highest BCUT2D eigenvalue weighted by molar-refractivity contribution is 5.92. The van der Waals surface area contributed by atoms with E-state index in [1.165, 1.54) is 10.5 Å². The van der Waals surface area contributed by atoms with Crippen LogP contribution < -0.4 is 4.90 Å². The summed E-state index contributed by atoms with van der Waals surface area (Å²) in [5.74, 6) is 0.489. The average molecular weight is 211 g/mol. The molecule has 1 aliphatic rings. The maximum atomic E-state index is 9.12. The van der Waals surface area contributed by atoms with Crippen molar-refractivity contribution in [2.45, 2.75) is 38.6 Å². The van der Waals surface area contributed by atoms with Gasteiger partial charge in [-0.1, -0.05) is 17.3 Å².